The molecule has 10 heteroatoms. The molecule has 1 aromatic carbocycles. The number of H-pyrrole nitrogens is 1. The third kappa shape index (κ3) is 4.02. The summed E-state index contributed by atoms with van der Waals surface area (Å²) in [4.78, 5) is 29.7. The SMILES string of the molecule is COC(=O)[C@@](C)(Cc1ccc2[nH]c(NS(C)(=O)=O)nc2c1)NC=O. The molecule has 0 aliphatic rings. The molecule has 2 rings (SSSR count). The van der Waals surface area contributed by atoms with E-state index in [2.05, 4.69) is 20.0 Å². The minimum Gasteiger partial charge on any atom is -0.467 e. The first-order valence-corrected chi connectivity index (χ1v) is 8.82. The van der Waals surface area contributed by atoms with Gasteiger partial charge in [0.15, 0.2) is 0 Å². The number of sulfonamides is 1. The normalized spacial score (nSPS) is 14.0. The van der Waals surface area contributed by atoms with Gasteiger partial charge in [-0.25, -0.2) is 18.2 Å². The summed E-state index contributed by atoms with van der Waals surface area (Å²) in [6.07, 6.45) is 1.66. The molecule has 0 aliphatic heterocycles. The lowest BCUT2D eigenvalue weighted by Gasteiger charge is -2.25. The highest BCUT2D eigenvalue weighted by Gasteiger charge is 2.34. The Bertz CT molecular complexity index is 876. The molecule has 1 amide bonds. The second-order valence-corrected chi connectivity index (χ2v) is 7.32. The van der Waals surface area contributed by atoms with Crippen molar-refractivity contribution in [1.29, 1.82) is 0 Å². The van der Waals surface area contributed by atoms with Gasteiger partial charge < -0.3 is 15.0 Å². The van der Waals surface area contributed by atoms with E-state index in [4.69, 9.17) is 4.74 Å². The van der Waals surface area contributed by atoms with E-state index in [9.17, 15) is 18.0 Å². The third-order valence-electron chi connectivity index (χ3n) is 3.40. The standard InChI is InChI=1S/C14H18N4O5S/c1-14(15-8-19,12(20)23-2)7-9-4-5-10-11(6-9)17-13(16-10)18-24(3,21)22/h4-6,8H,7H2,1-3H3,(H,15,19)(H2,16,17,18)/t14-/m1/s1. The Kier molecular flexibility index (Phi) is 4.78. The largest absolute Gasteiger partial charge is 0.467 e. The second kappa shape index (κ2) is 6.48. The van der Waals surface area contributed by atoms with Gasteiger partial charge in [0.05, 0.1) is 24.4 Å². The van der Waals surface area contributed by atoms with E-state index in [1.54, 1.807) is 25.1 Å². The number of imidazole rings is 1. The van der Waals surface area contributed by atoms with Crippen molar-refractivity contribution in [2.24, 2.45) is 0 Å². The van der Waals surface area contributed by atoms with E-state index in [-0.39, 0.29) is 12.4 Å². The van der Waals surface area contributed by atoms with Gasteiger partial charge in [0, 0.05) is 6.42 Å². The molecule has 1 atom stereocenters. The molecule has 0 spiro atoms. The van der Waals surface area contributed by atoms with Crippen molar-refractivity contribution in [1.82, 2.24) is 15.3 Å². The van der Waals surface area contributed by atoms with Crippen LogP contribution >= 0.6 is 0 Å². The number of aromatic amines is 1. The summed E-state index contributed by atoms with van der Waals surface area (Å²) in [7, 11) is -2.20. The molecule has 9 nitrogen and oxygen atoms in total. The summed E-state index contributed by atoms with van der Waals surface area (Å²) in [6.45, 7) is 1.55. The number of methoxy groups -OCH3 is 1. The van der Waals surface area contributed by atoms with Gasteiger partial charge in [0.25, 0.3) is 0 Å². The first-order chi connectivity index (χ1) is 11.2. The zero-order valence-electron chi connectivity index (χ0n) is 13.4. The minimum atomic E-state index is -3.44. The van der Waals surface area contributed by atoms with Crippen LogP contribution in [0.5, 0.6) is 0 Å². The number of fused-ring (bicyclic) bond motifs is 1. The van der Waals surface area contributed by atoms with Gasteiger partial charge in [-0.15, -0.1) is 0 Å². The van der Waals surface area contributed by atoms with Crippen LogP contribution in [-0.4, -0.2) is 49.7 Å². The van der Waals surface area contributed by atoms with Crippen molar-refractivity contribution in [2.75, 3.05) is 18.1 Å². The van der Waals surface area contributed by atoms with Crippen LogP contribution in [0.3, 0.4) is 0 Å². The zero-order valence-corrected chi connectivity index (χ0v) is 14.2. The van der Waals surface area contributed by atoms with Crippen molar-refractivity contribution in [3.63, 3.8) is 0 Å². The van der Waals surface area contributed by atoms with Gasteiger partial charge in [0.1, 0.15) is 5.54 Å². The first kappa shape index (κ1) is 17.7. The first-order valence-electron chi connectivity index (χ1n) is 6.93. The molecule has 0 fully saturated rings. The molecular weight excluding hydrogens is 336 g/mol. The van der Waals surface area contributed by atoms with Gasteiger partial charge in [-0.05, 0) is 24.6 Å². The van der Waals surface area contributed by atoms with Crippen molar-refractivity contribution >= 4 is 39.4 Å². The van der Waals surface area contributed by atoms with Crippen molar-refractivity contribution in [2.45, 2.75) is 18.9 Å². The summed E-state index contributed by atoms with van der Waals surface area (Å²) < 4.78 is 29.5. The quantitative estimate of drug-likeness (QED) is 0.479. The maximum Gasteiger partial charge on any atom is 0.331 e. The highest BCUT2D eigenvalue weighted by atomic mass is 32.2. The molecule has 1 aromatic heterocycles. The van der Waals surface area contributed by atoms with E-state index in [1.807, 2.05) is 0 Å². The number of benzene rings is 1. The maximum absolute atomic E-state index is 11.9. The predicted octanol–water partition coefficient (Wildman–Crippen LogP) is 0.155. The van der Waals surface area contributed by atoms with Crippen LogP contribution in [0.1, 0.15) is 12.5 Å². The fraction of sp³-hybridized carbons (Fsp3) is 0.357. The Morgan fingerprint density at radius 2 is 2.17 bits per heavy atom. The molecule has 24 heavy (non-hydrogen) atoms. The number of hydrogen-bond acceptors (Lipinski definition) is 6. The molecule has 0 unspecified atom stereocenters. The Labute approximate surface area is 138 Å². The van der Waals surface area contributed by atoms with E-state index in [0.717, 1.165) is 11.8 Å². The molecule has 0 saturated carbocycles. The number of rotatable bonds is 7. The topological polar surface area (TPSA) is 130 Å². The number of esters is 1. The predicted molar refractivity (Wildman–Crippen MR) is 87.9 cm³/mol. The Morgan fingerprint density at radius 1 is 1.46 bits per heavy atom. The van der Waals surface area contributed by atoms with Crippen LogP contribution in [0, 0.1) is 0 Å². The van der Waals surface area contributed by atoms with Crippen LogP contribution in [0.2, 0.25) is 0 Å². The van der Waals surface area contributed by atoms with Gasteiger partial charge in [0.2, 0.25) is 22.4 Å². The number of carbonyl (C=O) groups is 2. The van der Waals surface area contributed by atoms with Crippen LogP contribution in [0.15, 0.2) is 18.2 Å². The number of aromatic nitrogens is 2. The van der Waals surface area contributed by atoms with Crippen LogP contribution in [-0.2, 0) is 30.8 Å². The Hall–Kier alpha value is -2.62. The number of carbonyl (C=O) groups excluding carboxylic acids is 2. The lowest BCUT2D eigenvalue weighted by Crippen LogP contribution is -2.51. The molecule has 3 N–H and O–H groups in total. The number of amides is 1. The molecule has 2 aromatic rings. The summed E-state index contributed by atoms with van der Waals surface area (Å²) >= 11 is 0. The average molecular weight is 354 g/mol. The van der Waals surface area contributed by atoms with Crippen molar-refractivity contribution in [3.8, 4) is 0 Å². The lowest BCUT2D eigenvalue weighted by molar-refractivity contribution is -0.148. The number of ether oxygens (including phenoxy) is 1. The van der Waals surface area contributed by atoms with Gasteiger partial charge >= 0.3 is 5.97 Å². The molecule has 0 bridgehead atoms. The summed E-state index contributed by atoms with van der Waals surface area (Å²) in [5.41, 5.74) is 0.668. The maximum atomic E-state index is 11.9. The molecule has 0 saturated heterocycles. The molecule has 0 aliphatic carbocycles. The molecule has 130 valence electrons. The number of hydrogen-bond donors (Lipinski definition) is 3. The van der Waals surface area contributed by atoms with Crippen molar-refractivity contribution < 1.29 is 22.7 Å². The lowest BCUT2D eigenvalue weighted by atomic mass is 9.93. The highest BCUT2D eigenvalue weighted by Crippen LogP contribution is 2.20. The van der Waals surface area contributed by atoms with Gasteiger partial charge in [-0.3, -0.25) is 9.52 Å². The van der Waals surface area contributed by atoms with Gasteiger partial charge in [-0.1, -0.05) is 6.07 Å². The van der Waals surface area contributed by atoms with E-state index in [0.29, 0.717) is 17.4 Å². The van der Waals surface area contributed by atoms with Crippen molar-refractivity contribution in [3.05, 3.63) is 23.8 Å². The minimum absolute atomic E-state index is 0.103. The smallest absolute Gasteiger partial charge is 0.331 e. The molecule has 0 radical (unpaired) electrons. The summed E-state index contributed by atoms with van der Waals surface area (Å²) in [5.74, 6) is -0.470. The van der Waals surface area contributed by atoms with E-state index < -0.39 is 21.5 Å². The Morgan fingerprint density at radius 3 is 2.75 bits per heavy atom. The van der Waals surface area contributed by atoms with Crippen LogP contribution in [0.25, 0.3) is 11.0 Å². The monoisotopic (exact) mass is 354 g/mol. The highest BCUT2D eigenvalue weighted by molar-refractivity contribution is 7.91. The fourth-order valence-electron chi connectivity index (χ4n) is 2.33. The fourth-order valence-corrected chi connectivity index (χ4v) is 2.78. The summed E-state index contributed by atoms with van der Waals surface area (Å²) in [6, 6.07) is 5.16. The third-order valence-corrected chi connectivity index (χ3v) is 3.96. The average Bonchev–Trinajstić information content (AvgIpc) is 2.85. The molecular formula is C14H18N4O5S. The number of nitrogens with one attached hydrogen (secondary N) is 3. The number of nitrogens with zero attached hydrogens (tertiary/aromatic N) is 1. The summed E-state index contributed by atoms with van der Waals surface area (Å²) in [5, 5.41) is 2.47. The molecule has 1 heterocycles. The van der Waals surface area contributed by atoms with E-state index in [1.165, 1.54) is 7.11 Å². The van der Waals surface area contributed by atoms with Crippen LogP contribution in [0.4, 0.5) is 5.95 Å². The Balaban J connectivity index is 2.32. The van der Waals surface area contributed by atoms with Crippen LogP contribution < -0.4 is 10.0 Å². The van der Waals surface area contributed by atoms with E-state index >= 15 is 0 Å². The zero-order chi connectivity index (χ0) is 18.0. The number of anilines is 1. The van der Waals surface area contributed by atoms with Gasteiger partial charge in [-0.2, -0.15) is 0 Å². The second-order valence-electron chi connectivity index (χ2n) is 5.57.